The van der Waals surface area contributed by atoms with Gasteiger partial charge < -0.3 is 9.30 Å². The molecule has 0 amide bonds. The van der Waals surface area contributed by atoms with Crippen molar-refractivity contribution in [1.29, 1.82) is 0 Å². The van der Waals surface area contributed by atoms with Crippen LogP contribution in [0.3, 0.4) is 0 Å². The number of fused-ring (bicyclic) bond motifs is 5. The van der Waals surface area contributed by atoms with E-state index < -0.39 is 0 Å². The number of unbranched alkanes of at least 4 members (excludes halogenated alkanes) is 2. The first-order valence-electron chi connectivity index (χ1n) is 9.47. The topological polar surface area (TPSA) is 31.2 Å². The van der Waals surface area contributed by atoms with Crippen molar-refractivity contribution in [3.63, 3.8) is 0 Å². The van der Waals surface area contributed by atoms with E-state index in [1.165, 1.54) is 18.4 Å². The molecule has 26 heavy (non-hydrogen) atoms. The third-order valence-electron chi connectivity index (χ3n) is 5.38. The van der Waals surface area contributed by atoms with Crippen LogP contribution in [0, 0.1) is 6.92 Å². The summed E-state index contributed by atoms with van der Waals surface area (Å²) in [5.41, 5.74) is 5.65. The maximum atomic E-state index is 12.9. The van der Waals surface area contributed by atoms with E-state index in [1.54, 1.807) is 4.57 Å². The number of aromatic nitrogens is 1. The van der Waals surface area contributed by atoms with Gasteiger partial charge in [0.1, 0.15) is 6.10 Å². The van der Waals surface area contributed by atoms with Gasteiger partial charge >= 0.3 is 0 Å². The van der Waals surface area contributed by atoms with Crippen molar-refractivity contribution in [1.82, 2.24) is 4.57 Å². The molecule has 1 heterocycles. The minimum Gasteiger partial charge on any atom is -0.369 e. The molecule has 0 bridgehead atoms. The monoisotopic (exact) mass is 347 g/mol. The van der Waals surface area contributed by atoms with Crippen LogP contribution in [0.15, 0.2) is 47.3 Å². The molecule has 2 aromatic carbocycles. The highest BCUT2D eigenvalue weighted by Crippen LogP contribution is 2.47. The lowest BCUT2D eigenvalue weighted by molar-refractivity contribution is 0.0806. The largest absolute Gasteiger partial charge is 0.369 e. The predicted octanol–water partition coefficient (Wildman–Crippen LogP) is 5.12. The van der Waals surface area contributed by atoms with Gasteiger partial charge in [0.2, 0.25) is 0 Å². The maximum absolute atomic E-state index is 12.9. The Morgan fingerprint density at radius 1 is 1.08 bits per heavy atom. The molecule has 3 nitrogen and oxygen atoms in total. The van der Waals surface area contributed by atoms with Crippen LogP contribution in [0.5, 0.6) is 0 Å². The Bertz CT molecular complexity index is 1030. The Labute approximate surface area is 154 Å². The third kappa shape index (κ3) is 2.58. The van der Waals surface area contributed by atoms with Crippen LogP contribution in [-0.2, 0) is 11.8 Å². The van der Waals surface area contributed by atoms with Gasteiger partial charge in [0, 0.05) is 30.2 Å². The summed E-state index contributed by atoms with van der Waals surface area (Å²) < 4.78 is 8.18. The van der Waals surface area contributed by atoms with Crippen molar-refractivity contribution in [3.05, 3.63) is 69.5 Å². The summed E-state index contributed by atoms with van der Waals surface area (Å²) in [6.45, 7) is 5.01. The zero-order valence-corrected chi connectivity index (χ0v) is 15.7. The summed E-state index contributed by atoms with van der Waals surface area (Å²) in [5.74, 6) is 0. The summed E-state index contributed by atoms with van der Waals surface area (Å²) in [5, 5.41) is 1.80. The smallest absolute Gasteiger partial charge is 0.258 e. The van der Waals surface area contributed by atoms with Gasteiger partial charge in [-0.15, -0.1) is 0 Å². The molecule has 0 saturated heterocycles. The summed E-state index contributed by atoms with van der Waals surface area (Å²) in [4.78, 5) is 12.9. The Morgan fingerprint density at radius 3 is 2.69 bits per heavy atom. The molecular formula is C23H25NO2. The third-order valence-corrected chi connectivity index (χ3v) is 5.38. The summed E-state index contributed by atoms with van der Waals surface area (Å²) in [7, 11) is 1.87. The zero-order chi connectivity index (χ0) is 18.3. The molecule has 1 aromatic heterocycles. The van der Waals surface area contributed by atoms with E-state index in [2.05, 4.69) is 38.1 Å². The maximum Gasteiger partial charge on any atom is 0.258 e. The fraction of sp³-hybridized carbons (Fsp3) is 0.348. The molecule has 0 radical (unpaired) electrons. The van der Waals surface area contributed by atoms with Crippen LogP contribution < -0.4 is 5.56 Å². The minimum absolute atomic E-state index is 0.0557. The lowest BCUT2D eigenvalue weighted by Crippen LogP contribution is -2.20. The van der Waals surface area contributed by atoms with Crippen molar-refractivity contribution in [2.75, 3.05) is 6.61 Å². The van der Waals surface area contributed by atoms with E-state index >= 15 is 0 Å². The highest BCUT2D eigenvalue weighted by atomic mass is 16.5. The lowest BCUT2D eigenvalue weighted by Gasteiger charge is -2.18. The fourth-order valence-electron chi connectivity index (χ4n) is 4.07. The van der Waals surface area contributed by atoms with E-state index in [0.717, 1.165) is 46.2 Å². The van der Waals surface area contributed by atoms with Crippen molar-refractivity contribution in [3.8, 4) is 11.3 Å². The van der Waals surface area contributed by atoms with Gasteiger partial charge in [0.25, 0.3) is 5.56 Å². The van der Waals surface area contributed by atoms with Crippen molar-refractivity contribution < 1.29 is 4.74 Å². The second-order valence-electron chi connectivity index (χ2n) is 7.22. The molecule has 134 valence electrons. The molecule has 0 N–H and O–H groups in total. The van der Waals surface area contributed by atoms with E-state index in [4.69, 9.17) is 4.74 Å². The molecule has 1 atom stereocenters. The predicted molar refractivity (Wildman–Crippen MR) is 107 cm³/mol. The Hall–Kier alpha value is -2.39. The fourth-order valence-corrected chi connectivity index (χ4v) is 4.07. The van der Waals surface area contributed by atoms with Crippen LogP contribution in [0.2, 0.25) is 0 Å². The first-order chi connectivity index (χ1) is 12.6. The van der Waals surface area contributed by atoms with Crippen molar-refractivity contribution in [2.24, 2.45) is 7.05 Å². The number of pyridine rings is 1. The molecule has 3 aromatic rings. The number of aryl methyl sites for hydroxylation is 1. The van der Waals surface area contributed by atoms with E-state index in [0.29, 0.717) is 0 Å². The average Bonchev–Trinajstić information content (AvgIpc) is 2.98. The molecule has 4 rings (SSSR count). The summed E-state index contributed by atoms with van der Waals surface area (Å²) in [6, 6.07) is 14.4. The second-order valence-corrected chi connectivity index (χ2v) is 7.22. The van der Waals surface area contributed by atoms with Crippen LogP contribution in [0.4, 0.5) is 0 Å². The van der Waals surface area contributed by atoms with Gasteiger partial charge in [0.15, 0.2) is 0 Å². The molecule has 0 spiro atoms. The number of hydrogen-bond acceptors (Lipinski definition) is 2. The molecule has 1 aliphatic rings. The van der Waals surface area contributed by atoms with Gasteiger partial charge in [-0.05, 0) is 30.4 Å². The summed E-state index contributed by atoms with van der Waals surface area (Å²) >= 11 is 0. The molecule has 0 saturated carbocycles. The number of nitrogens with zero attached hydrogens (tertiary/aromatic N) is 1. The molecular weight excluding hydrogens is 322 g/mol. The first-order valence-corrected chi connectivity index (χ1v) is 9.47. The molecule has 0 aliphatic heterocycles. The van der Waals surface area contributed by atoms with E-state index in [1.807, 2.05) is 25.2 Å². The molecule has 1 aliphatic carbocycles. The van der Waals surface area contributed by atoms with Crippen molar-refractivity contribution in [2.45, 2.75) is 39.2 Å². The number of benzene rings is 2. The minimum atomic E-state index is -0.103. The van der Waals surface area contributed by atoms with Gasteiger partial charge in [-0.1, -0.05) is 61.7 Å². The van der Waals surface area contributed by atoms with Gasteiger partial charge in [-0.2, -0.15) is 0 Å². The highest BCUT2D eigenvalue weighted by molar-refractivity contribution is 5.94. The second kappa shape index (κ2) is 6.73. The quantitative estimate of drug-likeness (QED) is 0.600. The van der Waals surface area contributed by atoms with Gasteiger partial charge in [0.05, 0.1) is 5.69 Å². The molecule has 1 unspecified atom stereocenters. The number of ether oxygens (including phenoxy) is 1. The standard InChI is InChI=1S/C23H25NO2/c1-4-5-8-13-26-22-17-10-7-6-9-16(17)21-20(22)19-14-15(2)11-12-18(19)23(25)24(21)3/h6-7,9-12,14,22H,4-5,8,13H2,1-3H3. The zero-order valence-electron chi connectivity index (χ0n) is 15.7. The summed E-state index contributed by atoms with van der Waals surface area (Å²) in [6.07, 6.45) is 3.31. The van der Waals surface area contributed by atoms with Crippen LogP contribution in [0.1, 0.15) is 49.0 Å². The van der Waals surface area contributed by atoms with E-state index in [-0.39, 0.29) is 11.7 Å². The van der Waals surface area contributed by atoms with Gasteiger partial charge in [-0.3, -0.25) is 4.79 Å². The Kier molecular flexibility index (Phi) is 4.41. The highest BCUT2D eigenvalue weighted by Gasteiger charge is 2.33. The number of rotatable bonds is 5. The molecule has 3 heteroatoms. The average molecular weight is 347 g/mol. The lowest BCUT2D eigenvalue weighted by atomic mass is 10.00. The first kappa shape index (κ1) is 17.0. The van der Waals surface area contributed by atoms with Gasteiger partial charge in [-0.25, -0.2) is 0 Å². The SMILES string of the molecule is CCCCCOC1c2ccccc2-c2c1c1cc(C)ccc1c(=O)n2C. The Balaban J connectivity index is 1.96. The van der Waals surface area contributed by atoms with Crippen molar-refractivity contribution >= 4 is 10.8 Å². The Morgan fingerprint density at radius 2 is 1.88 bits per heavy atom. The number of hydrogen-bond donors (Lipinski definition) is 0. The molecule has 0 fully saturated rings. The van der Waals surface area contributed by atoms with Crippen LogP contribution in [0.25, 0.3) is 22.0 Å². The van der Waals surface area contributed by atoms with E-state index in [9.17, 15) is 4.79 Å². The normalized spacial score (nSPS) is 15.3. The van der Waals surface area contributed by atoms with Crippen LogP contribution in [-0.4, -0.2) is 11.2 Å². The van der Waals surface area contributed by atoms with Crippen LogP contribution >= 0.6 is 0 Å².